The Morgan fingerprint density at radius 1 is 1.38 bits per heavy atom. The molecule has 0 aliphatic carbocycles. The van der Waals surface area contributed by atoms with Crippen molar-refractivity contribution in [3.8, 4) is 0 Å². The summed E-state index contributed by atoms with van der Waals surface area (Å²) in [6, 6.07) is 5.79. The highest BCUT2D eigenvalue weighted by atomic mass is 19.1. The van der Waals surface area contributed by atoms with Crippen LogP contribution in [-0.2, 0) is 13.5 Å². The third-order valence-electron chi connectivity index (χ3n) is 2.31. The van der Waals surface area contributed by atoms with Gasteiger partial charge in [0, 0.05) is 19.7 Å². The minimum Gasteiger partial charge on any atom is -0.388 e. The van der Waals surface area contributed by atoms with E-state index in [0.717, 1.165) is 0 Å². The van der Waals surface area contributed by atoms with Crippen LogP contribution in [0.4, 0.5) is 4.39 Å². The standard InChI is InChI=1S/C11H12FN3O/c1-15-7-10(13-14-15)6-11(16)8-2-4-9(12)5-3-8/h2-5,7,11,16H,6H2,1H3. The fraction of sp³-hybridized carbons (Fsp3) is 0.273. The molecule has 0 radical (unpaired) electrons. The lowest BCUT2D eigenvalue weighted by atomic mass is 10.1. The Kier molecular flexibility index (Phi) is 2.96. The number of hydrogen-bond donors (Lipinski definition) is 1. The number of hydrogen-bond acceptors (Lipinski definition) is 3. The molecule has 0 saturated heterocycles. The normalized spacial score (nSPS) is 12.7. The highest BCUT2D eigenvalue weighted by molar-refractivity contribution is 5.19. The Morgan fingerprint density at radius 3 is 2.62 bits per heavy atom. The fourth-order valence-electron chi connectivity index (χ4n) is 1.49. The van der Waals surface area contributed by atoms with Crippen LogP contribution in [0.2, 0.25) is 0 Å². The van der Waals surface area contributed by atoms with Gasteiger partial charge in [0.25, 0.3) is 0 Å². The zero-order chi connectivity index (χ0) is 11.5. The van der Waals surface area contributed by atoms with E-state index in [2.05, 4.69) is 10.3 Å². The van der Waals surface area contributed by atoms with Crippen LogP contribution in [0, 0.1) is 5.82 Å². The highest BCUT2D eigenvalue weighted by Crippen LogP contribution is 2.17. The van der Waals surface area contributed by atoms with Gasteiger partial charge in [0.05, 0.1) is 11.8 Å². The molecule has 4 nitrogen and oxygen atoms in total. The van der Waals surface area contributed by atoms with Gasteiger partial charge in [-0.3, -0.25) is 4.68 Å². The second-order valence-electron chi connectivity index (χ2n) is 3.66. The van der Waals surface area contributed by atoms with Crippen molar-refractivity contribution >= 4 is 0 Å². The molecule has 1 heterocycles. The van der Waals surface area contributed by atoms with E-state index >= 15 is 0 Å². The lowest BCUT2D eigenvalue weighted by Crippen LogP contribution is -2.02. The van der Waals surface area contributed by atoms with Crippen molar-refractivity contribution in [2.24, 2.45) is 7.05 Å². The van der Waals surface area contributed by atoms with E-state index in [-0.39, 0.29) is 5.82 Å². The molecule has 2 rings (SSSR count). The minimum atomic E-state index is -0.683. The molecule has 5 heteroatoms. The molecule has 0 aliphatic heterocycles. The monoisotopic (exact) mass is 221 g/mol. The van der Waals surface area contributed by atoms with Gasteiger partial charge in [0.15, 0.2) is 0 Å². The predicted octanol–water partition coefficient (Wildman–Crippen LogP) is 1.23. The van der Waals surface area contributed by atoms with Crippen molar-refractivity contribution in [2.45, 2.75) is 12.5 Å². The maximum atomic E-state index is 12.7. The summed E-state index contributed by atoms with van der Waals surface area (Å²) < 4.78 is 14.2. The van der Waals surface area contributed by atoms with Crippen molar-refractivity contribution in [1.29, 1.82) is 0 Å². The molecule has 16 heavy (non-hydrogen) atoms. The Labute approximate surface area is 92.3 Å². The maximum absolute atomic E-state index is 12.7. The average molecular weight is 221 g/mol. The van der Waals surface area contributed by atoms with Gasteiger partial charge in [-0.1, -0.05) is 17.3 Å². The van der Waals surface area contributed by atoms with E-state index < -0.39 is 6.10 Å². The fourth-order valence-corrected chi connectivity index (χ4v) is 1.49. The van der Waals surface area contributed by atoms with Crippen LogP contribution in [0.1, 0.15) is 17.4 Å². The van der Waals surface area contributed by atoms with Gasteiger partial charge in [0.1, 0.15) is 5.82 Å². The number of aromatic nitrogens is 3. The van der Waals surface area contributed by atoms with Gasteiger partial charge in [-0.05, 0) is 17.7 Å². The zero-order valence-corrected chi connectivity index (χ0v) is 8.84. The van der Waals surface area contributed by atoms with Crippen molar-refractivity contribution in [3.05, 3.63) is 47.5 Å². The summed E-state index contributed by atoms with van der Waals surface area (Å²) in [7, 11) is 1.76. The van der Waals surface area contributed by atoms with Gasteiger partial charge in [-0.2, -0.15) is 0 Å². The van der Waals surface area contributed by atoms with Gasteiger partial charge in [-0.25, -0.2) is 4.39 Å². The summed E-state index contributed by atoms with van der Waals surface area (Å²) >= 11 is 0. The minimum absolute atomic E-state index is 0.310. The van der Waals surface area contributed by atoms with Crippen molar-refractivity contribution < 1.29 is 9.50 Å². The van der Waals surface area contributed by atoms with Crippen LogP contribution >= 0.6 is 0 Å². The number of halogens is 1. The van der Waals surface area contributed by atoms with E-state index in [1.54, 1.807) is 30.1 Å². The highest BCUT2D eigenvalue weighted by Gasteiger charge is 2.10. The maximum Gasteiger partial charge on any atom is 0.123 e. The molecular formula is C11H12FN3O. The summed E-state index contributed by atoms with van der Waals surface area (Å²) in [5, 5.41) is 17.5. The molecule has 1 unspecified atom stereocenters. The third kappa shape index (κ3) is 2.43. The van der Waals surface area contributed by atoms with E-state index in [0.29, 0.717) is 17.7 Å². The first-order valence-corrected chi connectivity index (χ1v) is 4.94. The molecule has 0 spiro atoms. The van der Waals surface area contributed by atoms with Crippen LogP contribution in [0.15, 0.2) is 30.5 Å². The second-order valence-corrected chi connectivity index (χ2v) is 3.66. The second kappa shape index (κ2) is 4.40. The largest absolute Gasteiger partial charge is 0.388 e. The summed E-state index contributed by atoms with van der Waals surface area (Å²) in [6.45, 7) is 0. The van der Waals surface area contributed by atoms with E-state index in [1.165, 1.54) is 12.1 Å². The van der Waals surface area contributed by atoms with Gasteiger partial charge in [0.2, 0.25) is 0 Å². The number of rotatable bonds is 3. The van der Waals surface area contributed by atoms with Crippen LogP contribution < -0.4 is 0 Å². The molecule has 0 fully saturated rings. The van der Waals surface area contributed by atoms with Crippen LogP contribution in [-0.4, -0.2) is 20.1 Å². The number of nitrogens with zero attached hydrogens (tertiary/aromatic N) is 3. The summed E-state index contributed by atoms with van der Waals surface area (Å²) in [5.74, 6) is -0.310. The molecule has 1 N–H and O–H groups in total. The topological polar surface area (TPSA) is 50.9 Å². The number of benzene rings is 1. The van der Waals surface area contributed by atoms with Gasteiger partial charge >= 0.3 is 0 Å². The van der Waals surface area contributed by atoms with Crippen LogP contribution in [0.3, 0.4) is 0 Å². The molecule has 1 aromatic heterocycles. The Hall–Kier alpha value is -1.75. The van der Waals surface area contributed by atoms with Gasteiger partial charge in [-0.15, -0.1) is 5.10 Å². The van der Waals surface area contributed by atoms with E-state index in [1.807, 2.05) is 0 Å². The lowest BCUT2D eigenvalue weighted by Gasteiger charge is -2.08. The van der Waals surface area contributed by atoms with Crippen LogP contribution in [0.5, 0.6) is 0 Å². The molecule has 84 valence electrons. The quantitative estimate of drug-likeness (QED) is 0.848. The SMILES string of the molecule is Cn1cc(CC(O)c2ccc(F)cc2)nn1. The summed E-state index contributed by atoms with van der Waals surface area (Å²) in [4.78, 5) is 0. The van der Waals surface area contributed by atoms with Crippen molar-refractivity contribution in [3.63, 3.8) is 0 Å². The summed E-state index contributed by atoms with van der Waals surface area (Å²) in [6.07, 6.45) is 1.43. The van der Waals surface area contributed by atoms with Crippen LogP contribution in [0.25, 0.3) is 0 Å². The molecule has 0 bridgehead atoms. The van der Waals surface area contributed by atoms with E-state index in [4.69, 9.17) is 0 Å². The smallest absolute Gasteiger partial charge is 0.123 e. The predicted molar refractivity (Wildman–Crippen MR) is 56.1 cm³/mol. The molecular weight excluding hydrogens is 209 g/mol. The molecule has 2 aromatic rings. The first-order valence-electron chi connectivity index (χ1n) is 4.94. The number of aliphatic hydroxyl groups is 1. The molecule has 0 aliphatic rings. The Bertz CT molecular complexity index is 466. The van der Waals surface area contributed by atoms with E-state index in [9.17, 15) is 9.50 Å². The lowest BCUT2D eigenvalue weighted by molar-refractivity contribution is 0.177. The number of aliphatic hydroxyl groups excluding tert-OH is 1. The Morgan fingerprint density at radius 2 is 2.06 bits per heavy atom. The average Bonchev–Trinajstić information content (AvgIpc) is 2.65. The molecule has 1 aromatic carbocycles. The first kappa shape index (κ1) is 10.8. The Balaban J connectivity index is 2.08. The zero-order valence-electron chi connectivity index (χ0n) is 8.84. The molecule has 0 saturated carbocycles. The first-order chi connectivity index (χ1) is 7.65. The number of aryl methyl sites for hydroxylation is 1. The van der Waals surface area contributed by atoms with Crippen molar-refractivity contribution in [2.75, 3.05) is 0 Å². The molecule has 1 atom stereocenters. The van der Waals surface area contributed by atoms with Gasteiger partial charge < -0.3 is 5.11 Å². The van der Waals surface area contributed by atoms with Crippen molar-refractivity contribution in [1.82, 2.24) is 15.0 Å². The summed E-state index contributed by atoms with van der Waals surface area (Å²) in [5.41, 5.74) is 1.38. The molecule has 0 amide bonds. The third-order valence-corrected chi connectivity index (χ3v) is 2.31.